The van der Waals surface area contributed by atoms with Gasteiger partial charge in [0.2, 0.25) is 0 Å². The number of ether oxygens (including phenoxy) is 1. The van der Waals surface area contributed by atoms with Crippen LogP contribution in [0, 0.1) is 0 Å². The zero-order valence-corrected chi connectivity index (χ0v) is 9.59. The quantitative estimate of drug-likeness (QED) is 0.628. The molecule has 14 heavy (non-hydrogen) atoms. The maximum Gasteiger partial charge on any atom is 0.0694 e. The molecule has 3 heteroatoms. The normalized spacial score (nSPS) is 19.7. The molecular formula is C11H24N2O. The van der Waals surface area contributed by atoms with Gasteiger partial charge in [0.1, 0.15) is 0 Å². The zero-order chi connectivity index (χ0) is 10.4. The molecule has 0 radical (unpaired) electrons. The summed E-state index contributed by atoms with van der Waals surface area (Å²) in [6.45, 7) is 2.75. The Morgan fingerprint density at radius 2 is 2.07 bits per heavy atom. The van der Waals surface area contributed by atoms with E-state index in [4.69, 9.17) is 10.5 Å². The zero-order valence-electron chi connectivity index (χ0n) is 9.59. The predicted octanol–water partition coefficient (Wildman–Crippen LogP) is 1.23. The largest absolute Gasteiger partial charge is 0.375 e. The Balaban J connectivity index is 2.09. The number of nitrogens with two attached hydrogens (primary N) is 1. The lowest BCUT2D eigenvalue weighted by atomic mass is 9.77. The van der Waals surface area contributed by atoms with Gasteiger partial charge in [-0.3, -0.25) is 0 Å². The van der Waals surface area contributed by atoms with Gasteiger partial charge in [-0.2, -0.15) is 0 Å². The van der Waals surface area contributed by atoms with Crippen molar-refractivity contribution < 1.29 is 4.74 Å². The van der Waals surface area contributed by atoms with Crippen LogP contribution in [0.4, 0.5) is 0 Å². The molecule has 1 aliphatic rings. The molecule has 0 unspecified atom stereocenters. The molecular weight excluding hydrogens is 176 g/mol. The van der Waals surface area contributed by atoms with E-state index in [0.29, 0.717) is 0 Å². The first-order valence-corrected chi connectivity index (χ1v) is 5.67. The standard InChI is InChI=1S/C11H24N2O/c1-13(2)9-4-10-14-11(7-8-12)5-3-6-11/h3-10,12H2,1-2H3. The van der Waals surface area contributed by atoms with Gasteiger partial charge in [0, 0.05) is 6.61 Å². The summed E-state index contributed by atoms with van der Waals surface area (Å²) >= 11 is 0. The Labute approximate surface area is 87.6 Å². The lowest BCUT2D eigenvalue weighted by molar-refractivity contribution is -0.104. The highest BCUT2D eigenvalue weighted by Crippen LogP contribution is 2.38. The van der Waals surface area contributed by atoms with E-state index < -0.39 is 0 Å². The first-order valence-electron chi connectivity index (χ1n) is 5.67. The van der Waals surface area contributed by atoms with Crippen molar-refractivity contribution in [3.05, 3.63) is 0 Å². The first kappa shape index (κ1) is 12.0. The minimum atomic E-state index is 0.168. The molecule has 0 bridgehead atoms. The molecule has 1 rings (SSSR count). The van der Waals surface area contributed by atoms with Crippen molar-refractivity contribution in [2.75, 3.05) is 33.8 Å². The number of nitrogens with zero attached hydrogens (tertiary/aromatic N) is 1. The van der Waals surface area contributed by atoms with Crippen LogP contribution in [0.3, 0.4) is 0 Å². The third-order valence-electron chi connectivity index (χ3n) is 3.02. The third kappa shape index (κ3) is 3.56. The van der Waals surface area contributed by atoms with Crippen LogP contribution in [0.1, 0.15) is 32.1 Å². The van der Waals surface area contributed by atoms with Crippen molar-refractivity contribution in [2.45, 2.75) is 37.7 Å². The Morgan fingerprint density at radius 1 is 1.36 bits per heavy atom. The molecule has 84 valence electrons. The van der Waals surface area contributed by atoms with Crippen LogP contribution >= 0.6 is 0 Å². The molecule has 0 amide bonds. The van der Waals surface area contributed by atoms with Gasteiger partial charge in [-0.1, -0.05) is 0 Å². The summed E-state index contributed by atoms with van der Waals surface area (Å²) in [5, 5.41) is 0. The van der Waals surface area contributed by atoms with Crippen LogP contribution in [-0.4, -0.2) is 44.3 Å². The van der Waals surface area contributed by atoms with Crippen molar-refractivity contribution in [2.24, 2.45) is 5.73 Å². The summed E-state index contributed by atoms with van der Waals surface area (Å²) in [7, 11) is 4.19. The van der Waals surface area contributed by atoms with Gasteiger partial charge in [0.15, 0.2) is 0 Å². The first-order chi connectivity index (χ1) is 6.68. The van der Waals surface area contributed by atoms with Gasteiger partial charge >= 0.3 is 0 Å². The fraction of sp³-hybridized carbons (Fsp3) is 1.00. The smallest absolute Gasteiger partial charge is 0.0694 e. The monoisotopic (exact) mass is 200 g/mol. The molecule has 0 aromatic carbocycles. The van der Waals surface area contributed by atoms with Gasteiger partial charge < -0.3 is 15.4 Å². The highest BCUT2D eigenvalue weighted by Gasteiger charge is 2.36. The molecule has 0 aliphatic heterocycles. The molecule has 0 spiro atoms. The maximum atomic E-state index is 5.95. The van der Waals surface area contributed by atoms with E-state index in [-0.39, 0.29) is 5.60 Å². The minimum absolute atomic E-state index is 0.168. The summed E-state index contributed by atoms with van der Waals surface area (Å²) in [4.78, 5) is 2.19. The van der Waals surface area contributed by atoms with Crippen LogP contribution in [-0.2, 0) is 4.74 Å². The maximum absolute atomic E-state index is 5.95. The van der Waals surface area contributed by atoms with E-state index in [0.717, 1.165) is 32.5 Å². The Bertz CT molecular complexity index is 155. The average Bonchev–Trinajstić information content (AvgIpc) is 2.07. The number of hydrogen-bond donors (Lipinski definition) is 1. The number of hydrogen-bond acceptors (Lipinski definition) is 3. The Morgan fingerprint density at radius 3 is 2.50 bits per heavy atom. The van der Waals surface area contributed by atoms with E-state index in [1.54, 1.807) is 0 Å². The predicted molar refractivity (Wildman–Crippen MR) is 59.4 cm³/mol. The highest BCUT2D eigenvalue weighted by molar-refractivity contribution is 4.89. The summed E-state index contributed by atoms with van der Waals surface area (Å²) in [6.07, 6.45) is 5.90. The van der Waals surface area contributed by atoms with Gasteiger partial charge in [0.05, 0.1) is 5.60 Å². The van der Waals surface area contributed by atoms with Crippen LogP contribution < -0.4 is 5.73 Å². The number of rotatable bonds is 7. The molecule has 0 saturated heterocycles. The van der Waals surface area contributed by atoms with Crippen LogP contribution in [0.2, 0.25) is 0 Å². The SMILES string of the molecule is CN(C)CCCOC1(CCN)CCC1. The van der Waals surface area contributed by atoms with Crippen LogP contribution in [0.25, 0.3) is 0 Å². The second-order valence-electron chi connectivity index (χ2n) is 4.58. The second kappa shape index (κ2) is 5.69. The Hall–Kier alpha value is -0.120. The van der Waals surface area contributed by atoms with Crippen molar-refractivity contribution in [3.63, 3.8) is 0 Å². The van der Waals surface area contributed by atoms with E-state index >= 15 is 0 Å². The van der Waals surface area contributed by atoms with E-state index in [9.17, 15) is 0 Å². The molecule has 1 saturated carbocycles. The fourth-order valence-corrected chi connectivity index (χ4v) is 1.97. The molecule has 0 aromatic rings. The lowest BCUT2D eigenvalue weighted by Crippen LogP contribution is -2.42. The van der Waals surface area contributed by atoms with Crippen LogP contribution in [0.15, 0.2) is 0 Å². The topological polar surface area (TPSA) is 38.5 Å². The van der Waals surface area contributed by atoms with Gasteiger partial charge in [-0.15, -0.1) is 0 Å². The van der Waals surface area contributed by atoms with Gasteiger partial charge in [-0.05, 0) is 59.3 Å². The van der Waals surface area contributed by atoms with Crippen LogP contribution in [0.5, 0.6) is 0 Å². The summed E-state index contributed by atoms with van der Waals surface area (Å²) in [5.74, 6) is 0. The summed E-state index contributed by atoms with van der Waals surface area (Å²) in [5.41, 5.74) is 5.76. The molecule has 0 aromatic heterocycles. The van der Waals surface area contributed by atoms with Crippen molar-refractivity contribution >= 4 is 0 Å². The van der Waals surface area contributed by atoms with E-state index in [2.05, 4.69) is 19.0 Å². The molecule has 0 atom stereocenters. The fourth-order valence-electron chi connectivity index (χ4n) is 1.97. The van der Waals surface area contributed by atoms with Gasteiger partial charge in [0.25, 0.3) is 0 Å². The highest BCUT2D eigenvalue weighted by atomic mass is 16.5. The minimum Gasteiger partial charge on any atom is -0.375 e. The lowest BCUT2D eigenvalue weighted by Gasteiger charge is -2.41. The molecule has 3 nitrogen and oxygen atoms in total. The Kier molecular flexibility index (Phi) is 4.85. The molecule has 2 N–H and O–H groups in total. The molecule has 0 heterocycles. The van der Waals surface area contributed by atoms with Crippen molar-refractivity contribution in [3.8, 4) is 0 Å². The molecule has 1 aliphatic carbocycles. The third-order valence-corrected chi connectivity index (χ3v) is 3.02. The van der Waals surface area contributed by atoms with Crippen molar-refractivity contribution in [1.29, 1.82) is 0 Å². The van der Waals surface area contributed by atoms with Crippen molar-refractivity contribution in [1.82, 2.24) is 4.90 Å². The molecule has 1 fully saturated rings. The summed E-state index contributed by atoms with van der Waals surface area (Å²) in [6, 6.07) is 0. The van der Waals surface area contributed by atoms with E-state index in [1.807, 2.05) is 0 Å². The summed E-state index contributed by atoms with van der Waals surface area (Å²) < 4.78 is 5.95. The van der Waals surface area contributed by atoms with Gasteiger partial charge in [-0.25, -0.2) is 0 Å². The second-order valence-corrected chi connectivity index (χ2v) is 4.58. The average molecular weight is 200 g/mol. The van der Waals surface area contributed by atoms with E-state index in [1.165, 1.54) is 19.3 Å².